The number of para-hydroxylation sites is 2. The third-order valence-corrected chi connectivity index (χ3v) is 3.52. The number of aryl methyl sites for hydroxylation is 1. The van der Waals surface area contributed by atoms with Crippen molar-refractivity contribution in [2.24, 2.45) is 7.05 Å². The molecule has 0 radical (unpaired) electrons. The number of hydrogen-bond donors (Lipinski definition) is 0. The molecule has 0 unspecified atom stereocenters. The van der Waals surface area contributed by atoms with E-state index in [2.05, 4.69) is 4.98 Å². The van der Waals surface area contributed by atoms with E-state index in [1.807, 2.05) is 24.3 Å². The smallest absolute Gasteiger partial charge is 0.330 e. The molecule has 0 aliphatic rings. The van der Waals surface area contributed by atoms with Gasteiger partial charge in [-0.05, 0) is 24.3 Å². The summed E-state index contributed by atoms with van der Waals surface area (Å²) in [4.78, 5) is 16.3. The molecule has 22 heavy (non-hydrogen) atoms. The van der Waals surface area contributed by atoms with Crippen LogP contribution in [-0.2, 0) is 19.8 Å². The Morgan fingerprint density at radius 3 is 2.55 bits per heavy atom. The second kappa shape index (κ2) is 5.01. The van der Waals surface area contributed by atoms with Gasteiger partial charge in [0.25, 0.3) is 5.56 Å². The Labute approximate surface area is 123 Å². The van der Waals surface area contributed by atoms with Crippen molar-refractivity contribution in [2.45, 2.75) is 12.7 Å². The second-order valence-corrected chi connectivity index (χ2v) is 4.93. The molecule has 0 saturated heterocycles. The average molecular weight is 307 g/mol. The van der Waals surface area contributed by atoms with E-state index in [4.69, 9.17) is 0 Å². The van der Waals surface area contributed by atoms with Crippen LogP contribution in [-0.4, -0.2) is 14.1 Å². The van der Waals surface area contributed by atoms with Crippen LogP contribution in [0.25, 0.3) is 11.0 Å². The molecule has 4 nitrogen and oxygen atoms in total. The van der Waals surface area contributed by atoms with E-state index in [0.29, 0.717) is 5.82 Å². The Bertz CT molecular complexity index is 893. The Morgan fingerprint density at radius 2 is 1.86 bits per heavy atom. The van der Waals surface area contributed by atoms with Crippen molar-refractivity contribution in [1.29, 1.82) is 0 Å². The molecule has 0 aliphatic carbocycles. The van der Waals surface area contributed by atoms with E-state index >= 15 is 0 Å². The van der Waals surface area contributed by atoms with Gasteiger partial charge in [0.05, 0.1) is 17.6 Å². The minimum absolute atomic E-state index is 0.0199. The summed E-state index contributed by atoms with van der Waals surface area (Å²) in [6.07, 6.45) is -3.33. The number of alkyl halides is 3. The number of halogens is 3. The van der Waals surface area contributed by atoms with Crippen LogP contribution in [0.5, 0.6) is 0 Å². The number of hydrogen-bond acceptors (Lipinski definition) is 2. The zero-order valence-electron chi connectivity index (χ0n) is 11.6. The molecule has 1 aromatic carbocycles. The molecular formula is C15H12F3N3O. The first-order chi connectivity index (χ1) is 10.4. The highest BCUT2D eigenvalue weighted by Gasteiger charge is 2.34. The summed E-state index contributed by atoms with van der Waals surface area (Å²) in [5.74, 6) is 0.516. The van der Waals surface area contributed by atoms with Gasteiger partial charge in [0.2, 0.25) is 0 Å². The zero-order chi connectivity index (χ0) is 15.9. The molecule has 7 heteroatoms. The van der Waals surface area contributed by atoms with Crippen molar-refractivity contribution in [1.82, 2.24) is 14.1 Å². The number of pyridine rings is 1. The molecule has 0 N–H and O–H groups in total. The summed E-state index contributed by atoms with van der Waals surface area (Å²) in [6.45, 7) is -0.0199. The quantitative estimate of drug-likeness (QED) is 0.730. The van der Waals surface area contributed by atoms with Gasteiger partial charge in [-0.3, -0.25) is 4.79 Å². The van der Waals surface area contributed by atoms with E-state index in [1.54, 1.807) is 11.6 Å². The summed E-state index contributed by atoms with van der Waals surface area (Å²) in [5.41, 5.74) is -0.645. The first-order valence-corrected chi connectivity index (χ1v) is 6.55. The number of benzene rings is 1. The summed E-state index contributed by atoms with van der Waals surface area (Å²) in [7, 11) is 1.77. The summed E-state index contributed by atoms with van der Waals surface area (Å²) in [6, 6.07) is 9.36. The van der Waals surface area contributed by atoms with Gasteiger partial charge in [0.15, 0.2) is 0 Å². The van der Waals surface area contributed by atoms with Crippen molar-refractivity contribution in [3.63, 3.8) is 0 Å². The highest BCUT2D eigenvalue weighted by molar-refractivity contribution is 5.75. The minimum Gasteiger partial charge on any atom is -0.330 e. The van der Waals surface area contributed by atoms with Gasteiger partial charge < -0.3 is 9.13 Å². The minimum atomic E-state index is -4.66. The molecule has 0 saturated carbocycles. The monoisotopic (exact) mass is 307 g/mol. The average Bonchev–Trinajstić information content (AvgIpc) is 2.77. The topological polar surface area (TPSA) is 39.8 Å². The Hall–Kier alpha value is -2.57. The molecule has 0 atom stereocenters. The lowest BCUT2D eigenvalue weighted by Gasteiger charge is -2.10. The van der Waals surface area contributed by atoms with Crippen LogP contribution in [0.2, 0.25) is 0 Å². The summed E-state index contributed by atoms with van der Waals surface area (Å²) < 4.78 is 41.1. The van der Waals surface area contributed by atoms with E-state index in [9.17, 15) is 18.0 Å². The highest BCUT2D eigenvalue weighted by atomic mass is 19.4. The first kappa shape index (κ1) is 14.4. The van der Waals surface area contributed by atoms with Crippen molar-refractivity contribution < 1.29 is 13.2 Å². The van der Waals surface area contributed by atoms with Gasteiger partial charge in [-0.15, -0.1) is 0 Å². The Balaban J connectivity index is 2.06. The van der Waals surface area contributed by atoms with Crippen molar-refractivity contribution >= 4 is 11.0 Å². The number of rotatable bonds is 2. The molecule has 0 bridgehead atoms. The fourth-order valence-corrected chi connectivity index (χ4v) is 2.37. The molecule has 2 heterocycles. The molecule has 2 aromatic heterocycles. The van der Waals surface area contributed by atoms with Crippen LogP contribution in [0, 0.1) is 0 Å². The van der Waals surface area contributed by atoms with Gasteiger partial charge in [0.1, 0.15) is 11.4 Å². The lowest BCUT2D eigenvalue weighted by molar-refractivity contribution is -0.138. The van der Waals surface area contributed by atoms with Crippen LogP contribution < -0.4 is 5.56 Å². The van der Waals surface area contributed by atoms with Crippen LogP contribution in [0.3, 0.4) is 0 Å². The van der Waals surface area contributed by atoms with Gasteiger partial charge in [-0.25, -0.2) is 4.98 Å². The fraction of sp³-hybridized carbons (Fsp3) is 0.200. The number of fused-ring (bicyclic) bond motifs is 1. The number of aromatic nitrogens is 3. The first-order valence-electron chi connectivity index (χ1n) is 6.55. The number of imidazole rings is 1. The molecule has 0 aliphatic heterocycles. The predicted octanol–water partition coefficient (Wildman–Crippen LogP) is 2.80. The van der Waals surface area contributed by atoms with Gasteiger partial charge in [-0.1, -0.05) is 12.1 Å². The Kier molecular flexibility index (Phi) is 3.27. The standard InChI is InChI=1S/C15H12F3N3O/c1-20-12-7-3-2-6-11(12)19-13(20)9-21-8-4-5-10(14(21)22)15(16,17)18/h2-8H,9H2,1H3. The highest BCUT2D eigenvalue weighted by Crippen LogP contribution is 2.26. The largest absolute Gasteiger partial charge is 0.421 e. The molecule has 114 valence electrons. The molecular weight excluding hydrogens is 295 g/mol. The normalized spacial score (nSPS) is 12.0. The van der Waals surface area contributed by atoms with E-state index in [0.717, 1.165) is 21.7 Å². The molecule has 0 fully saturated rings. The predicted molar refractivity (Wildman–Crippen MR) is 75.5 cm³/mol. The van der Waals surface area contributed by atoms with Crippen LogP contribution in [0.4, 0.5) is 13.2 Å². The van der Waals surface area contributed by atoms with E-state index < -0.39 is 17.3 Å². The van der Waals surface area contributed by atoms with Crippen molar-refractivity contribution in [3.8, 4) is 0 Å². The van der Waals surface area contributed by atoms with E-state index in [1.165, 1.54) is 12.3 Å². The maximum Gasteiger partial charge on any atom is 0.421 e. The van der Waals surface area contributed by atoms with Gasteiger partial charge in [-0.2, -0.15) is 13.2 Å². The van der Waals surface area contributed by atoms with Crippen molar-refractivity contribution in [3.05, 3.63) is 64.3 Å². The van der Waals surface area contributed by atoms with Gasteiger partial charge >= 0.3 is 6.18 Å². The molecule has 0 amide bonds. The third-order valence-electron chi connectivity index (χ3n) is 3.52. The Morgan fingerprint density at radius 1 is 1.14 bits per heavy atom. The SMILES string of the molecule is Cn1c(Cn2cccc(C(F)(F)F)c2=O)nc2ccccc21. The van der Waals surface area contributed by atoms with Crippen LogP contribution in [0.1, 0.15) is 11.4 Å². The lowest BCUT2D eigenvalue weighted by atomic mass is 10.2. The molecule has 3 rings (SSSR count). The summed E-state index contributed by atoms with van der Waals surface area (Å²) in [5, 5.41) is 0. The maximum absolute atomic E-state index is 12.8. The van der Waals surface area contributed by atoms with Crippen LogP contribution in [0.15, 0.2) is 47.4 Å². The summed E-state index contributed by atoms with van der Waals surface area (Å²) >= 11 is 0. The maximum atomic E-state index is 12.8. The second-order valence-electron chi connectivity index (χ2n) is 4.93. The fourth-order valence-electron chi connectivity index (χ4n) is 2.37. The zero-order valence-corrected chi connectivity index (χ0v) is 11.6. The lowest BCUT2D eigenvalue weighted by Crippen LogP contribution is -2.28. The van der Waals surface area contributed by atoms with E-state index in [-0.39, 0.29) is 6.54 Å². The third kappa shape index (κ3) is 2.38. The van der Waals surface area contributed by atoms with Crippen molar-refractivity contribution in [2.75, 3.05) is 0 Å². The molecule has 0 spiro atoms. The van der Waals surface area contributed by atoms with Crippen LogP contribution >= 0.6 is 0 Å². The molecule has 3 aromatic rings. The van der Waals surface area contributed by atoms with Gasteiger partial charge in [0, 0.05) is 13.2 Å². The number of nitrogens with zero attached hydrogens (tertiary/aromatic N) is 3.